The number of nitrogen functional groups attached to an aromatic ring is 1. The maximum Gasteiger partial charge on any atom is 0.281 e. The van der Waals surface area contributed by atoms with Gasteiger partial charge in [0.1, 0.15) is 5.82 Å². The topological polar surface area (TPSA) is 119 Å². The first-order valence-electron chi connectivity index (χ1n) is 10.7. The third-order valence-corrected chi connectivity index (χ3v) is 5.49. The molecule has 33 heavy (non-hydrogen) atoms. The number of anilines is 4. The molecule has 0 spiro atoms. The zero-order valence-electron chi connectivity index (χ0n) is 18.2. The summed E-state index contributed by atoms with van der Waals surface area (Å²) in [5.74, 6) is 0.565. The lowest BCUT2D eigenvalue weighted by atomic mass is 10.1. The molecule has 1 aromatic carbocycles. The van der Waals surface area contributed by atoms with Crippen LogP contribution < -0.4 is 21.5 Å². The molecule has 0 saturated carbocycles. The minimum Gasteiger partial charge on any atom is -0.378 e. The second kappa shape index (κ2) is 8.79. The summed E-state index contributed by atoms with van der Waals surface area (Å²) < 4.78 is 5.43. The smallest absolute Gasteiger partial charge is 0.281 e. The maximum atomic E-state index is 12.9. The van der Waals surface area contributed by atoms with E-state index < -0.39 is 0 Å². The normalized spacial score (nSPS) is 13.8. The molecule has 0 bridgehead atoms. The molecule has 0 atom stereocenters. The highest BCUT2D eigenvalue weighted by atomic mass is 16.5. The third kappa shape index (κ3) is 4.44. The van der Waals surface area contributed by atoms with Crippen molar-refractivity contribution in [3.63, 3.8) is 0 Å². The zero-order valence-corrected chi connectivity index (χ0v) is 18.2. The highest BCUT2D eigenvalue weighted by molar-refractivity contribution is 5.94. The van der Waals surface area contributed by atoms with Crippen molar-refractivity contribution in [2.45, 2.75) is 6.92 Å². The van der Waals surface area contributed by atoms with Crippen LogP contribution in [0.4, 0.5) is 23.1 Å². The van der Waals surface area contributed by atoms with Crippen molar-refractivity contribution in [1.29, 1.82) is 0 Å². The van der Waals surface area contributed by atoms with Crippen LogP contribution in [0.25, 0.3) is 22.2 Å². The van der Waals surface area contributed by atoms with Gasteiger partial charge in [-0.3, -0.25) is 4.79 Å². The van der Waals surface area contributed by atoms with Gasteiger partial charge < -0.3 is 20.7 Å². The average Bonchev–Trinajstić information content (AvgIpc) is 2.97. The summed E-state index contributed by atoms with van der Waals surface area (Å²) in [7, 11) is 0. The number of rotatable bonds is 4. The summed E-state index contributed by atoms with van der Waals surface area (Å²) in [5, 5.41) is 4.42. The number of morpholine rings is 1. The molecule has 1 aliphatic rings. The number of aromatic nitrogens is 4. The number of aryl methyl sites for hydroxylation is 1. The molecular formula is C24H23N7O2. The Hall–Kier alpha value is -4.11. The van der Waals surface area contributed by atoms with E-state index in [2.05, 4.69) is 25.2 Å². The Morgan fingerprint density at radius 3 is 2.52 bits per heavy atom. The van der Waals surface area contributed by atoms with Gasteiger partial charge in [0.2, 0.25) is 5.95 Å². The van der Waals surface area contributed by atoms with Crippen molar-refractivity contribution in [2.24, 2.45) is 0 Å². The molecule has 3 N–H and O–H groups in total. The van der Waals surface area contributed by atoms with Gasteiger partial charge in [0.05, 0.1) is 30.0 Å². The fourth-order valence-electron chi connectivity index (χ4n) is 3.84. The first kappa shape index (κ1) is 20.8. The van der Waals surface area contributed by atoms with Crippen molar-refractivity contribution in [2.75, 3.05) is 42.3 Å². The number of benzene rings is 1. The van der Waals surface area contributed by atoms with Crippen molar-refractivity contribution in [1.82, 2.24) is 19.9 Å². The molecule has 4 heterocycles. The lowest BCUT2D eigenvalue weighted by molar-refractivity contribution is 0.122. The summed E-state index contributed by atoms with van der Waals surface area (Å²) in [6.45, 7) is 4.98. The van der Waals surface area contributed by atoms with Crippen LogP contribution in [-0.4, -0.2) is 46.2 Å². The summed E-state index contributed by atoms with van der Waals surface area (Å²) in [6.07, 6.45) is 1.58. The van der Waals surface area contributed by atoms with Crippen molar-refractivity contribution < 1.29 is 4.74 Å². The molecule has 1 fully saturated rings. The summed E-state index contributed by atoms with van der Waals surface area (Å²) in [5.41, 5.74) is 9.13. The molecule has 4 aromatic rings. The Kier molecular flexibility index (Phi) is 5.54. The summed E-state index contributed by atoms with van der Waals surface area (Å²) in [4.78, 5) is 32.3. The van der Waals surface area contributed by atoms with E-state index in [1.165, 1.54) is 0 Å². The van der Waals surface area contributed by atoms with Gasteiger partial charge in [-0.05, 0) is 54.8 Å². The quantitative estimate of drug-likeness (QED) is 0.492. The van der Waals surface area contributed by atoms with E-state index in [4.69, 9.17) is 15.5 Å². The maximum absolute atomic E-state index is 12.9. The standard InChI is InChI=1S/C24H23N7O2/c1-15-2-3-16-14-20(19-8-9-26-24(25)30-19)29-22(21(16)23(32)27-15)28-17-4-6-18(7-5-17)31-10-12-33-13-11-31/h2-9,14H,10-13H2,1H3,(H,28,29)(H2,25,26,30). The zero-order chi connectivity index (χ0) is 22.8. The minimum absolute atomic E-state index is 0.156. The van der Waals surface area contributed by atoms with Gasteiger partial charge in [-0.25, -0.2) is 19.9 Å². The number of fused-ring (bicyclic) bond motifs is 1. The second-order valence-electron chi connectivity index (χ2n) is 7.78. The predicted octanol–water partition coefficient (Wildman–Crippen LogP) is 2.92. The first-order valence-corrected chi connectivity index (χ1v) is 10.7. The number of nitrogens with zero attached hydrogens (tertiary/aromatic N) is 5. The molecule has 9 nitrogen and oxygen atoms in total. The van der Waals surface area contributed by atoms with Crippen LogP contribution in [0, 0.1) is 6.92 Å². The van der Waals surface area contributed by atoms with Gasteiger partial charge in [-0.2, -0.15) is 0 Å². The summed E-state index contributed by atoms with van der Waals surface area (Å²) in [6, 6.07) is 15.3. The number of pyridine rings is 1. The van der Waals surface area contributed by atoms with Crippen molar-refractivity contribution in [3.8, 4) is 11.4 Å². The fourth-order valence-corrected chi connectivity index (χ4v) is 3.84. The van der Waals surface area contributed by atoms with Crippen LogP contribution in [0.1, 0.15) is 5.69 Å². The molecule has 0 radical (unpaired) electrons. The molecule has 1 saturated heterocycles. The van der Waals surface area contributed by atoms with Gasteiger partial charge in [-0.1, -0.05) is 6.07 Å². The van der Waals surface area contributed by atoms with E-state index in [-0.39, 0.29) is 11.5 Å². The van der Waals surface area contributed by atoms with Crippen molar-refractivity contribution >= 4 is 33.9 Å². The first-order chi connectivity index (χ1) is 16.1. The highest BCUT2D eigenvalue weighted by Gasteiger charge is 2.14. The van der Waals surface area contributed by atoms with E-state index in [0.717, 1.165) is 37.7 Å². The minimum atomic E-state index is -0.346. The van der Waals surface area contributed by atoms with Gasteiger partial charge in [-0.15, -0.1) is 0 Å². The van der Waals surface area contributed by atoms with E-state index in [9.17, 15) is 4.79 Å². The lowest BCUT2D eigenvalue weighted by Gasteiger charge is -2.28. The lowest BCUT2D eigenvalue weighted by Crippen LogP contribution is -2.36. The van der Waals surface area contributed by atoms with E-state index in [1.807, 2.05) is 42.5 Å². The Bertz CT molecular complexity index is 1370. The third-order valence-electron chi connectivity index (χ3n) is 5.49. The molecule has 5 rings (SSSR count). The van der Waals surface area contributed by atoms with Crippen LogP contribution in [-0.2, 0) is 4.74 Å². The largest absolute Gasteiger partial charge is 0.378 e. The number of ether oxygens (including phenoxy) is 1. The SMILES string of the molecule is Cc1ccc2cc(-c3ccnc(N)n3)nc(Nc3ccc(N4CCOCC4)cc3)c2c(=O)n1. The van der Waals surface area contributed by atoms with Crippen LogP contribution in [0.2, 0.25) is 0 Å². The molecule has 1 aliphatic heterocycles. The van der Waals surface area contributed by atoms with Gasteiger partial charge in [0.25, 0.3) is 5.56 Å². The van der Waals surface area contributed by atoms with Crippen LogP contribution in [0.5, 0.6) is 0 Å². The number of nitrogens with one attached hydrogen (secondary N) is 1. The second-order valence-corrected chi connectivity index (χ2v) is 7.78. The van der Waals surface area contributed by atoms with Crippen molar-refractivity contribution in [3.05, 3.63) is 70.8 Å². The molecular weight excluding hydrogens is 418 g/mol. The average molecular weight is 441 g/mol. The monoisotopic (exact) mass is 441 g/mol. The van der Waals surface area contributed by atoms with Gasteiger partial charge in [0.15, 0.2) is 0 Å². The van der Waals surface area contributed by atoms with E-state index in [1.54, 1.807) is 19.2 Å². The molecule has 9 heteroatoms. The fraction of sp³-hybridized carbons (Fsp3) is 0.208. The molecule has 0 amide bonds. The van der Waals surface area contributed by atoms with E-state index >= 15 is 0 Å². The summed E-state index contributed by atoms with van der Waals surface area (Å²) >= 11 is 0. The highest BCUT2D eigenvalue weighted by Crippen LogP contribution is 2.28. The Morgan fingerprint density at radius 2 is 1.76 bits per heavy atom. The Labute approximate surface area is 190 Å². The van der Waals surface area contributed by atoms with Gasteiger partial charge >= 0.3 is 0 Å². The number of nitrogens with two attached hydrogens (primary N) is 1. The number of hydrogen-bond donors (Lipinski definition) is 2. The number of hydrogen-bond acceptors (Lipinski definition) is 9. The van der Waals surface area contributed by atoms with E-state index in [0.29, 0.717) is 33.7 Å². The van der Waals surface area contributed by atoms with Crippen LogP contribution in [0.3, 0.4) is 0 Å². The predicted molar refractivity (Wildman–Crippen MR) is 129 cm³/mol. The Balaban J connectivity index is 1.58. The van der Waals surface area contributed by atoms with Crippen LogP contribution in [0.15, 0.2) is 59.5 Å². The molecule has 0 aliphatic carbocycles. The molecule has 3 aromatic heterocycles. The van der Waals surface area contributed by atoms with Crippen LogP contribution >= 0.6 is 0 Å². The van der Waals surface area contributed by atoms with Gasteiger partial charge in [0, 0.05) is 36.4 Å². The molecule has 0 unspecified atom stereocenters. The Morgan fingerprint density at radius 1 is 0.970 bits per heavy atom. The molecule has 166 valence electrons.